The van der Waals surface area contributed by atoms with Crippen molar-refractivity contribution in [1.82, 2.24) is 9.88 Å². The number of benzene rings is 2. The molecule has 1 aliphatic carbocycles. The molecular formula is C25H26FN3O2. The minimum Gasteiger partial charge on any atom is -0.361 e. The number of nitrogens with one attached hydrogen (secondary N) is 1. The van der Waals surface area contributed by atoms with Gasteiger partial charge in [0.05, 0.1) is 5.69 Å². The summed E-state index contributed by atoms with van der Waals surface area (Å²) in [6.45, 7) is 1.36. The van der Waals surface area contributed by atoms with Gasteiger partial charge in [-0.05, 0) is 72.0 Å². The Morgan fingerprint density at radius 3 is 2.65 bits per heavy atom. The Bertz CT molecular complexity index is 1150. The molecule has 1 aromatic heterocycles. The highest BCUT2D eigenvalue weighted by atomic mass is 19.1. The summed E-state index contributed by atoms with van der Waals surface area (Å²) in [7, 11) is 1.62. The summed E-state index contributed by atoms with van der Waals surface area (Å²) in [6, 6.07) is 12.9. The molecule has 2 fully saturated rings. The van der Waals surface area contributed by atoms with Crippen molar-refractivity contribution < 1.29 is 14.0 Å². The first kappa shape index (κ1) is 19.8. The Kier molecular flexibility index (Phi) is 5.00. The van der Waals surface area contributed by atoms with E-state index in [0.29, 0.717) is 13.0 Å². The molecule has 0 spiro atoms. The van der Waals surface area contributed by atoms with Crippen LogP contribution in [0.25, 0.3) is 22.0 Å². The van der Waals surface area contributed by atoms with Gasteiger partial charge in [-0.25, -0.2) is 4.39 Å². The van der Waals surface area contributed by atoms with E-state index in [1.165, 1.54) is 11.0 Å². The number of fused-ring (bicyclic) bond motifs is 1. The van der Waals surface area contributed by atoms with Gasteiger partial charge in [-0.1, -0.05) is 12.1 Å². The maximum Gasteiger partial charge on any atom is 0.227 e. The van der Waals surface area contributed by atoms with Crippen LogP contribution in [0, 0.1) is 17.7 Å². The molecule has 1 N–H and O–H groups in total. The summed E-state index contributed by atoms with van der Waals surface area (Å²) in [4.78, 5) is 31.5. The van der Waals surface area contributed by atoms with Gasteiger partial charge in [0.15, 0.2) is 0 Å². The smallest absolute Gasteiger partial charge is 0.227 e. The number of aromatic nitrogens is 1. The molecule has 31 heavy (non-hydrogen) atoms. The third-order valence-corrected chi connectivity index (χ3v) is 6.56. The Morgan fingerprint density at radius 2 is 1.87 bits per heavy atom. The highest BCUT2D eigenvalue weighted by Gasteiger charge is 2.37. The predicted octanol–water partition coefficient (Wildman–Crippen LogP) is 4.59. The number of carbonyl (C=O) groups excluding carboxylic acids is 2. The monoisotopic (exact) mass is 419 g/mol. The number of rotatable bonds is 5. The summed E-state index contributed by atoms with van der Waals surface area (Å²) >= 11 is 0. The van der Waals surface area contributed by atoms with Crippen LogP contribution in [0.2, 0.25) is 0 Å². The van der Waals surface area contributed by atoms with Crippen LogP contribution in [-0.2, 0) is 9.59 Å². The Balaban J connectivity index is 1.26. The summed E-state index contributed by atoms with van der Waals surface area (Å²) < 4.78 is 14.9. The van der Waals surface area contributed by atoms with Crippen molar-refractivity contribution in [2.75, 3.05) is 25.0 Å². The molecule has 160 valence electrons. The molecule has 2 aromatic carbocycles. The molecule has 5 nitrogen and oxygen atoms in total. The van der Waals surface area contributed by atoms with Crippen molar-refractivity contribution in [3.8, 4) is 11.1 Å². The largest absolute Gasteiger partial charge is 0.361 e. The normalized spacial score (nSPS) is 18.5. The van der Waals surface area contributed by atoms with Crippen LogP contribution in [0.5, 0.6) is 0 Å². The van der Waals surface area contributed by atoms with Gasteiger partial charge in [-0.3, -0.25) is 9.59 Å². The van der Waals surface area contributed by atoms with Crippen molar-refractivity contribution in [2.24, 2.45) is 11.8 Å². The maximum absolute atomic E-state index is 14.9. The molecule has 2 heterocycles. The number of hydrogen-bond acceptors (Lipinski definition) is 2. The van der Waals surface area contributed by atoms with E-state index in [2.05, 4.69) is 4.98 Å². The highest BCUT2D eigenvalue weighted by Crippen LogP contribution is 2.34. The number of aromatic amines is 1. The Labute approximate surface area is 180 Å². The molecule has 1 saturated carbocycles. The van der Waals surface area contributed by atoms with Crippen molar-refractivity contribution in [2.45, 2.75) is 25.7 Å². The summed E-state index contributed by atoms with van der Waals surface area (Å²) in [5, 5.41) is 1.07. The van der Waals surface area contributed by atoms with Crippen molar-refractivity contribution in [3.05, 3.63) is 54.5 Å². The molecule has 2 amide bonds. The first-order valence-electron chi connectivity index (χ1n) is 10.9. The number of amides is 2. The number of carbonyl (C=O) groups is 2. The lowest BCUT2D eigenvalue weighted by Gasteiger charge is -2.21. The quantitative estimate of drug-likeness (QED) is 0.658. The lowest BCUT2D eigenvalue weighted by Crippen LogP contribution is -2.32. The van der Waals surface area contributed by atoms with Gasteiger partial charge in [-0.15, -0.1) is 0 Å². The lowest BCUT2D eigenvalue weighted by atomic mass is 10.0. The third-order valence-electron chi connectivity index (χ3n) is 6.56. The molecule has 0 bridgehead atoms. The molecule has 1 atom stereocenters. The molecule has 1 saturated heterocycles. The van der Waals surface area contributed by atoms with Gasteiger partial charge in [0, 0.05) is 44.2 Å². The van der Waals surface area contributed by atoms with Gasteiger partial charge in [0.25, 0.3) is 0 Å². The Morgan fingerprint density at radius 1 is 1.10 bits per heavy atom. The predicted molar refractivity (Wildman–Crippen MR) is 119 cm³/mol. The molecule has 0 radical (unpaired) electrons. The number of hydrogen-bond donors (Lipinski definition) is 1. The molecular weight excluding hydrogens is 393 g/mol. The molecule has 2 aliphatic rings. The fraction of sp³-hybridized carbons (Fsp3) is 0.360. The lowest BCUT2D eigenvalue weighted by molar-refractivity contribution is -0.131. The van der Waals surface area contributed by atoms with E-state index in [-0.39, 0.29) is 29.3 Å². The minimum absolute atomic E-state index is 0.119. The molecule has 3 aromatic rings. The van der Waals surface area contributed by atoms with Gasteiger partial charge in [-0.2, -0.15) is 0 Å². The van der Waals surface area contributed by atoms with E-state index in [0.717, 1.165) is 47.8 Å². The first-order chi connectivity index (χ1) is 15.0. The van der Waals surface area contributed by atoms with E-state index in [1.54, 1.807) is 13.1 Å². The Hall–Kier alpha value is -3.15. The second-order valence-electron chi connectivity index (χ2n) is 8.82. The van der Waals surface area contributed by atoms with E-state index < -0.39 is 5.82 Å². The number of anilines is 1. The molecule has 1 aliphatic heterocycles. The van der Waals surface area contributed by atoms with E-state index >= 15 is 0 Å². The second-order valence-corrected chi connectivity index (χ2v) is 8.82. The van der Waals surface area contributed by atoms with Crippen LogP contribution in [0.15, 0.2) is 48.7 Å². The second kappa shape index (κ2) is 7.84. The standard InChI is InChI=1S/C25H26FN3O2/c1-28(24(30)12-16-9-11-29(15-16)25(31)17-2-3-17)23-7-5-19(14-21(23)26)18-4-6-22-20(13-18)8-10-27-22/h4-8,10,13-14,16-17,27H,2-3,9,11-12,15H2,1H3. The van der Waals surface area contributed by atoms with Gasteiger partial charge < -0.3 is 14.8 Å². The van der Waals surface area contributed by atoms with Crippen molar-refractivity contribution in [1.29, 1.82) is 0 Å². The molecule has 6 heteroatoms. The average molecular weight is 420 g/mol. The fourth-order valence-corrected chi connectivity index (χ4v) is 4.50. The van der Waals surface area contributed by atoms with E-state index in [9.17, 15) is 14.0 Å². The summed E-state index contributed by atoms with van der Waals surface area (Å²) in [5.41, 5.74) is 3.02. The summed E-state index contributed by atoms with van der Waals surface area (Å²) in [6.07, 6.45) is 5.04. The fourth-order valence-electron chi connectivity index (χ4n) is 4.50. The zero-order valence-electron chi connectivity index (χ0n) is 17.6. The molecule has 5 rings (SSSR count). The number of nitrogens with zero attached hydrogens (tertiary/aromatic N) is 2. The minimum atomic E-state index is -0.417. The first-order valence-corrected chi connectivity index (χ1v) is 10.9. The average Bonchev–Trinajstić information content (AvgIpc) is 3.33. The van der Waals surface area contributed by atoms with Crippen LogP contribution < -0.4 is 4.90 Å². The van der Waals surface area contributed by atoms with Crippen LogP contribution in [0.1, 0.15) is 25.7 Å². The number of H-pyrrole nitrogens is 1. The number of halogens is 1. The van der Waals surface area contributed by atoms with Gasteiger partial charge in [0.2, 0.25) is 11.8 Å². The van der Waals surface area contributed by atoms with E-state index in [4.69, 9.17) is 0 Å². The zero-order valence-corrected chi connectivity index (χ0v) is 17.6. The summed E-state index contributed by atoms with van der Waals surface area (Å²) in [5.74, 6) is 0.0594. The van der Waals surface area contributed by atoms with Crippen LogP contribution >= 0.6 is 0 Å². The third kappa shape index (κ3) is 3.94. The van der Waals surface area contributed by atoms with Crippen LogP contribution in [-0.4, -0.2) is 41.8 Å². The SMILES string of the molecule is CN(C(=O)CC1CCN(C(=O)C2CC2)C1)c1ccc(-c2ccc3[nH]ccc3c2)cc1F. The maximum atomic E-state index is 14.9. The van der Waals surface area contributed by atoms with Crippen LogP contribution in [0.3, 0.4) is 0 Å². The zero-order chi connectivity index (χ0) is 21.5. The van der Waals surface area contributed by atoms with Gasteiger partial charge in [0.1, 0.15) is 5.82 Å². The molecule has 1 unspecified atom stereocenters. The number of likely N-dealkylation sites (tertiary alicyclic amines) is 1. The van der Waals surface area contributed by atoms with Crippen LogP contribution in [0.4, 0.5) is 10.1 Å². The topological polar surface area (TPSA) is 56.4 Å². The van der Waals surface area contributed by atoms with Gasteiger partial charge >= 0.3 is 0 Å². The van der Waals surface area contributed by atoms with Crippen molar-refractivity contribution >= 4 is 28.4 Å². The highest BCUT2D eigenvalue weighted by molar-refractivity contribution is 5.93. The van der Waals surface area contributed by atoms with Crippen molar-refractivity contribution in [3.63, 3.8) is 0 Å². The van der Waals surface area contributed by atoms with E-state index in [1.807, 2.05) is 41.4 Å².